The maximum atomic E-state index is 12.3. The Morgan fingerprint density at radius 3 is 1.39 bits per heavy atom. The van der Waals surface area contributed by atoms with Gasteiger partial charge in [-0.05, 0) is 40.5 Å². The minimum atomic E-state index is -0.874. The van der Waals surface area contributed by atoms with Gasteiger partial charge in [0.15, 0.2) is 0 Å². The summed E-state index contributed by atoms with van der Waals surface area (Å²) in [5, 5.41) is 7.95. The minimum Gasteiger partial charge on any atom is -0.272 e. The molecule has 2 aromatic carbocycles. The average Bonchev–Trinajstić information content (AvgIpc) is 2.75. The van der Waals surface area contributed by atoms with Crippen LogP contribution >= 0.6 is 0 Å². The molecule has 6 nitrogen and oxygen atoms in total. The van der Waals surface area contributed by atoms with Gasteiger partial charge >= 0.3 is 0 Å². The molecule has 0 aliphatic heterocycles. The third kappa shape index (κ3) is 7.48. The van der Waals surface area contributed by atoms with Crippen LogP contribution in [0.15, 0.2) is 58.7 Å². The quantitative estimate of drug-likeness (QED) is 0.354. The van der Waals surface area contributed by atoms with E-state index >= 15 is 0 Å². The van der Waals surface area contributed by atoms with Crippen LogP contribution in [0.5, 0.6) is 0 Å². The highest BCUT2D eigenvalue weighted by Gasteiger charge is 2.24. The molecule has 0 unspecified atom stereocenters. The molecule has 2 amide bonds. The van der Waals surface area contributed by atoms with Crippen LogP contribution < -0.4 is 10.9 Å². The predicted molar refractivity (Wildman–Crippen MR) is 126 cm³/mol. The van der Waals surface area contributed by atoms with Crippen molar-refractivity contribution in [1.82, 2.24) is 10.9 Å². The second-order valence-corrected chi connectivity index (χ2v) is 8.07. The van der Waals surface area contributed by atoms with Crippen LogP contribution in [-0.4, -0.2) is 24.2 Å². The van der Waals surface area contributed by atoms with E-state index in [1.54, 1.807) is 19.4 Å². The van der Waals surface area contributed by atoms with Crippen molar-refractivity contribution in [2.45, 2.75) is 52.9 Å². The van der Waals surface area contributed by atoms with Gasteiger partial charge in [-0.3, -0.25) is 9.59 Å². The van der Waals surface area contributed by atoms with E-state index in [0.29, 0.717) is 18.3 Å². The Morgan fingerprint density at radius 1 is 0.742 bits per heavy atom. The fraction of sp³-hybridized carbons (Fsp3) is 0.360. The van der Waals surface area contributed by atoms with Crippen LogP contribution in [0.4, 0.5) is 0 Å². The average molecular weight is 421 g/mol. The highest BCUT2D eigenvalue weighted by atomic mass is 16.2. The van der Waals surface area contributed by atoms with Gasteiger partial charge in [-0.25, -0.2) is 10.9 Å². The van der Waals surface area contributed by atoms with E-state index in [0.717, 1.165) is 11.1 Å². The lowest BCUT2D eigenvalue weighted by Gasteiger charge is -2.11. The molecule has 0 radical (unpaired) electrons. The molecule has 0 spiro atoms. The van der Waals surface area contributed by atoms with Crippen molar-refractivity contribution in [1.29, 1.82) is 0 Å². The predicted octanol–water partition coefficient (Wildman–Crippen LogP) is 4.56. The van der Waals surface area contributed by atoms with Crippen molar-refractivity contribution >= 4 is 24.2 Å². The molecule has 0 aromatic heterocycles. The molecule has 31 heavy (non-hydrogen) atoms. The van der Waals surface area contributed by atoms with E-state index < -0.39 is 17.7 Å². The maximum Gasteiger partial charge on any atom is 0.252 e. The van der Waals surface area contributed by atoms with Crippen molar-refractivity contribution in [2.75, 3.05) is 0 Å². The molecular weight excluding hydrogens is 388 g/mol. The van der Waals surface area contributed by atoms with Crippen LogP contribution in [-0.2, 0) is 9.59 Å². The van der Waals surface area contributed by atoms with E-state index in [2.05, 4.69) is 48.7 Å². The van der Waals surface area contributed by atoms with Crippen LogP contribution in [0.3, 0.4) is 0 Å². The monoisotopic (exact) mass is 420 g/mol. The SMILES string of the molecule is CCC(C(=O)N/N=C\c1ccc(C(C)C)cc1)C(=O)N/N=C\c1ccc(C(C)C)cc1. The molecule has 2 rings (SSSR count). The van der Waals surface area contributed by atoms with Crippen molar-refractivity contribution in [3.63, 3.8) is 0 Å². The Bertz CT molecular complexity index is 838. The summed E-state index contributed by atoms with van der Waals surface area (Å²) >= 11 is 0. The molecule has 0 aliphatic rings. The Kier molecular flexibility index (Phi) is 9.13. The summed E-state index contributed by atoms with van der Waals surface area (Å²) in [6, 6.07) is 15.9. The lowest BCUT2D eigenvalue weighted by molar-refractivity contribution is -0.135. The summed E-state index contributed by atoms with van der Waals surface area (Å²) in [7, 11) is 0. The maximum absolute atomic E-state index is 12.3. The summed E-state index contributed by atoms with van der Waals surface area (Å²) in [5.74, 6) is -0.896. The summed E-state index contributed by atoms with van der Waals surface area (Å²) in [6.45, 7) is 10.3. The topological polar surface area (TPSA) is 82.9 Å². The van der Waals surface area contributed by atoms with Crippen molar-refractivity contribution in [3.8, 4) is 0 Å². The summed E-state index contributed by atoms with van der Waals surface area (Å²) in [6.07, 6.45) is 3.46. The number of nitrogens with zero attached hydrogens (tertiary/aromatic N) is 2. The number of carbonyl (C=O) groups is 2. The first-order valence-electron chi connectivity index (χ1n) is 10.7. The number of hydrogen-bond acceptors (Lipinski definition) is 4. The molecule has 0 bridgehead atoms. The zero-order valence-corrected chi connectivity index (χ0v) is 18.9. The molecule has 0 fully saturated rings. The normalized spacial score (nSPS) is 11.7. The first-order chi connectivity index (χ1) is 14.8. The number of rotatable bonds is 9. The molecule has 0 aliphatic carbocycles. The van der Waals surface area contributed by atoms with E-state index in [1.165, 1.54) is 11.1 Å². The van der Waals surface area contributed by atoms with E-state index in [9.17, 15) is 9.59 Å². The Hall–Kier alpha value is -3.28. The van der Waals surface area contributed by atoms with E-state index in [-0.39, 0.29) is 0 Å². The number of nitrogens with one attached hydrogen (secondary N) is 2. The first kappa shape index (κ1) is 24.0. The Morgan fingerprint density at radius 2 is 1.10 bits per heavy atom. The second kappa shape index (κ2) is 11.8. The highest BCUT2D eigenvalue weighted by Crippen LogP contribution is 2.14. The highest BCUT2D eigenvalue weighted by molar-refractivity contribution is 6.00. The molecule has 2 N–H and O–H groups in total. The summed E-state index contributed by atoms with van der Waals surface area (Å²) in [4.78, 5) is 24.7. The standard InChI is InChI=1S/C25H32N4O2/c1-6-23(24(30)28-26-15-19-7-11-21(12-8-19)17(2)3)25(31)29-27-16-20-9-13-22(14-10-20)18(4)5/h7-18,23H,6H2,1-5H3,(H,28,30)(H,29,31)/b26-15-,27-16-. The number of amides is 2. The minimum absolute atomic E-state index is 0.342. The molecule has 0 heterocycles. The fourth-order valence-corrected chi connectivity index (χ4v) is 2.92. The van der Waals surface area contributed by atoms with Gasteiger partial charge < -0.3 is 0 Å². The summed E-state index contributed by atoms with van der Waals surface area (Å²) < 4.78 is 0. The fourth-order valence-electron chi connectivity index (χ4n) is 2.92. The van der Waals surface area contributed by atoms with Gasteiger partial charge in [0.05, 0.1) is 12.4 Å². The van der Waals surface area contributed by atoms with Gasteiger partial charge in [-0.15, -0.1) is 0 Å². The molecule has 0 saturated carbocycles. The number of hydrogen-bond donors (Lipinski definition) is 2. The first-order valence-corrected chi connectivity index (χ1v) is 10.7. The second-order valence-electron chi connectivity index (χ2n) is 8.07. The zero-order valence-electron chi connectivity index (χ0n) is 18.9. The molecule has 0 atom stereocenters. The van der Waals surface area contributed by atoms with Gasteiger partial charge in [-0.2, -0.15) is 10.2 Å². The smallest absolute Gasteiger partial charge is 0.252 e. The van der Waals surface area contributed by atoms with Crippen molar-refractivity contribution in [2.24, 2.45) is 16.1 Å². The largest absolute Gasteiger partial charge is 0.272 e. The zero-order chi connectivity index (χ0) is 22.8. The number of benzene rings is 2. The van der Waals surface area contributed by atoms with Crippen LogP contribution in [0.25, 0.3) is 0 Å². The van der Waals surface area contributed by atoms with Gasteiger partial charge in [0.2, 0.25) is 0 Å². The van der Waals surface area contributed by atoms with Crippen LogP contribution in [0.1, 0.15) is 75.1 Å². The number of hydrazone groups is 2. The van der Waals surface area contributed by atoms with Gasteiger partial charge in [0, 0.05) is 0 Å². The Labute approximate surface area is 184 Å². The molecular formula is C25H32N4O2. The Balaban J connectivity index is 1.88. The van der Waals surface area contributed by atoms with E-state index in [4.69, 9.17) is 0 Å². The molecule has 164 valence electrons. The van der Waals surface area contributed by atoms with Gasteiger partial charge in [-0.1, -0.05) is 83.1 Å². The van der Waals surface area contributed by atoms with Crippen LogP contribution in [0.2, 0.25) is 0 Å². The number of carbonyl (C=O) groups excluding carboxylic acids is 2. The molecule has 2 aromatic rings. The van der Waals surface area contributed by atoms with E-state index in [1.807, 2.05) is 48.5 Å². The summed E-state index contributed by atoms with van der Waals surface area (Å²) in [5.41, 5.74) is 9.10. The van der Waals surface area contributed by atoms with Gasteiger partial charge in [0.1, 0.15) is 5.92 Å². The third-order valence-corrected chi connectivity index (χ3v) is 5.02. The third-order valence-electron chi connectivity index (χ3n) is 5.02. The lowest BCUT2D eigenvalue weighted by Crippen LogP contribution is -2.37. The van der Waals surface area contributed by atoms with Crippen molar-refractivity contribution < 1.29 is 9.59 Å². The van der Waals surface area contributed by atoms with Gasteiger partial charge in [0.25, 0.3) is 11.8 Å². The molecule has 0 saturated heterocycles. The molecule has 6 heteroatoms. The lowest BCUT2D eigenvalue weighted by atomic mass is 10.0. The van der Waals surface area contributed by atoms with Crippen molar-refractivity contribution in [3.05, 3.63) is 70.8 Å². The van der Waals surface area contributed by atoms with Crippen LogP contribution in [0, 0.1) is 5.92 Å².